The van der Waals surface area contributed by atoms with Crippen molar-refractivity contribution in [2.75, 3.05) is 32.1 Å². The molecule has 1 amide bonds. The monoisotopic (exact) mass is 333 g/mol. The molecular formula is C13H20ClN3O3S. The minimum Gasteiger partial charge on any atom is -0.311 e. The Balaban J connectivity index is 2.83. The van der Waals surface area contributed by atoms with Crippen molar-refractivity contribution in [1.29, 1.82) is 0 Å². The van der Waals surface area contributed by atoms with Crippen molar-refractivity contribution in [2.24, 2.45) is 0 Å². The van der Waals surface area contributed by atoms with Gasteiger partial charge >= 0.3 is 0 Å². The predicted molar refractivity (Wildman–Crippen MR) is 84.8 cm³/mol. The van der Waals surface area contributed by atoms with Gasteiger partial charge in [0.05, 0.1) is 0 Å². The number of carbonyl (C=O) groups is 1. The fraction of sp³-hybridized carbons (Fsp3) is 0.462. The van der Waals surface area contributed by atoms with Crippen molar-refractivity contribution >= 4 is 33.4 Å². The van der Waals surface area contributed by atoms with Crippen molar-refractivity contribution in [2.45, 2.75) is 13.8 Å². The molecule has 1 N–H and O–H groups in total. The number of hydrogen-bond acceptors (Lipinski definition) is 3. The number of amides is 1. The summed E-state index contributed by atoms with van der Waals surface area (Å²) in [5.41, 5.74) is 1.57. The number of anilines is 1. The SMILES string of the molecule is CC(=O)N(CCNS(=O)(=O)N(C)C)c1ccc(Cl)cc1C. The standard InChI is InChI=1S/C13H20ClN3O3S/c1-10-9-12(14)5-6-13(10)17(11(2)18)8-7-15-21(19,20)16(3)4/h5-6,9,15H,7-8H2,1-4H3. The van der Waals surface area contributed by atoms with Gasteiger partial charge in [0.1, 0.15) is 0 Å². The molecule has 0 saturated heterocycles. The molecule has 1 aromatic rings. The van der Waals surface area contributed by atoms with Gasteiger partial charge in [0.15, 0.2) is 0 Å². The quantitative estimate of drug-likeness (QED) is 0.855. The van der Waals surface area contributed by atoms with E-state index in [4.69, 9.17) is 11.6 Å². The van der Waals surface area contributed by atoms with E-state index in [-0.39, 0.29) is 19.0 Å². The molecule has 0 atom stereocenters. The van der Waals surface area contributed by atoms with E-state index in [9.17, 15) is 13.2 Å². The van der Waals surface area contributed by atoms with Crippen LogP contribution in [0, 0.1) is 6.92 Å². The maximum atomic E-state index is 11.8. The van der Waals surface area contributed by atoms with E-state index >= 15 is 0 Å². The molecule has 0 spiro atoms. The van der Waals surface area contributed by atoms with Crippen LogP contribution in [0.1, 0.15) is 12.5 Å². The van der Waals surface area contributed by atoms with E-state index in [2.05, 4.69) is 4.72 Å². The lowest BCUT2D eigenvalue weighted by Gasteiger charge is -2.24. The molecule has 0 fully saturated rings. The van der Waals surface area contributed by atoms with Crippen LogP contribution in [0.3, 0.4) is 0 Å². The molecule has 0 radical (unpaired) electrons. The third kappa shape index (κ3) is 4.96. The Morgan fingerprint density at radius 1 is 1.33 bits per heavy atom. The van der Waals surface area contributed by atoms with Gasteiger partial charge in [0.2, 0.25) is 5.91 Å². The predicted octanol–water partition coefficient (Wildman–Crippen LogP) is 1.40. The van der Waals surface area contributed by atoms with Gasteiger partial charge in [-0.2, -0.15) is 12.7 Å². The highest BCUT2D eigenvalue weighted by Gasteiger charge is 2.16. The number of nitrogens with zero attached hydrogens (tertiary/aromatic N) is 2. The molecule has 118 valence electrons. The summed E-state index contributed by atoms with van der Waals surface area (Å²) in [6.45, 7) is 3.66. The molecule has 1 aromatic carbocycles. The summed E-state index contributed by atoms with van der Waals surface area (Å²) in [4.78, 5) is 13.3. The van der Waals surface area contributed by atoms with E-state index in [0.29, 0.717) is 5.02 Å². The molecule has 0 heterocycles. The van der Waals surface area contributed by atoms with Crippen molar-refractivity contribution in [3.63, 3.8) is 0 Å². The molecule has 0 bridgehead atoms. The van der Waals surface area contributed by atoms with Crippen LogP contribution in [0.25, 0.3) is 0 Å². The molecule has 0 aliphatic heterocycles. The molecule has 0 saturated carbocycles. The first-order valence-electron chi connectivity index (χ1n) is 6.36. The largest absolute Gasteiger partial charge is 0.311 e. The minimum atomic E-state index is -3.49. The summed E-state index contributed by atoms with van der Waals surface area (Å²) in [5.74, 6) is -0.163. The summed E-state index contributed by atoms with van der Waals surface area (Å²) in [5, 5.41) is 0.591. The van der Waals surface area contributed by atoms with Crippen LogP contribution >= 0.6 is 11.6 Å². The lowest BCUT2D eigenvalue weighted by atomic mass is 10.2. The molecule has 21 heavy (non-hydrogen) atoms. The van der Waals surface area contributed by atoms with Crippen molar-refractivity contribution in [3.05, 3.63) is 28.8 Å². The van der Waals surface area contributed by atoms with Crippen LogP contribution in [0.4, 0.5) is 5.69 Å². The maximum absolute atomic E-state index is 11.8. The first-order chi connectivity index (χ1) is 9.65. The second kappa shape index (κ2) is 7.22. The third-order valence-corrected chi connectivity index (χ3v) is 4.70. The van der Waals surface area contributed by atoms with Gasteiger partial charge in [0, 0.05) is 44.8 Å². The summed E-state index contributed by atoms with van der Waals surface area (Å²) < 4.78 is 26.8. The zero-order chi connectivity index (χ0) is 16.2. The van der Waals surface area contributed by atoms with Gasteiger partial charge in [-0.1, -0.05) is 11.6 Å². The van der Waals surface area contributed by atoms with Crippen LogP contribution in [-0.4, -0.2) is 45.8 Å². The maximum Gasteiger partial charge on any atom is 0.278 e. The van der Waals surface area contributed by atoms with Crippen LogP contribution in [0.15, 0.2) is 18.2 Å². The number of hydrogen-bond donors (Lipinski definition) is 1. The minimum absolute atomic E-state index is 0.127. The first-order valence-corrected chi connectivity index (χ1v) is 8.18. The Labute approximate surface area is 130 Å². The van der Waals surface area contributed by atoms with E-state index in [1.54, 1.807) is 18.2 Å². The number of nitrogens with one attached hydrogen (secondary N) is 1. The highest BCUT2D eigenvalue weighted by atomic mass is 35.5. The van der Waals surface area contributed by atoms with Crippen molar-refractivity contribution in [3.8, 4) is 0 Å². The molecule has 8 heteroatoms. The number of halogens is 1. The van der Waals surface area contributed by atoms with Crippen LogP contribution in [0.2, 0.25) is 5.02 Å². The number of aryl methyl sites for hydroxylation is 1. The molecule has 0 aromatic heterocycles. The van der Waals surface area contributed by atoms with E-state index in [1.807, 2.05) is 6.92 Å². The van der Waals surface area contributed by atoms with Crippen LogP contribution in [-0.2, 0) is 15.0 Å². The number of rotatable bonds is 6. The van der Waals surface area contributed by atoms with Crippen LogP contribution in [0.5, 0.6) is 0 Å². The third-order valence-electron chi connectivity index (χ3n) is 2.93. The number of benzene rings is 1. The Morgan fingerprint density at radius 3 is 2.43 bits per heavy atom. The van der Waals surface area contributed by atoms with Crippen molar-refractivity contribution in [1.82, 2.24) is 9.03 Å². The van der Waals surface area contributed by atoms with Gasteiger partial charge in [-0.25, -0.2) is 4.72 Å². The fourth-order valence-electron chi connectivity index (χ4n) is 1.78. The highest BCUT2D eigenvalue weighted by molar-refractivity contribution is 7.87. The second-order valence-electron chi connectivity index (χ2n) is 4.78. The summed E-state index contributed by atoms with van der Waals surface area (Å²) in [7, 11) is -0.617. The summed E-state index contributed by atoms with van der Waals surface area (Å²) in [6.07, 6.45) is 0. The molecule has 1 rings (SSSR count). The van der Waals surface area contributed by atoms with Gasteiger partial charge in [0.25, 0.3) is 10.2 Å². The molecule has 0 aliphatic rings. The Hall–Kier alpha value is -1.15. The molecule has 0 unspecified atom stereocenters. The topological polar surface area (TPSA) is 69.7 Å². The van der Waals surface area contributed by atoms with Gasteiger partial charge < -0.3 is 4.90 Å². The smallest absolute Gasteiger partial charge is 0.278 e. The Bertz CT molecular complexity index is 617. The molecule has 0 aliphatic carbocycles. The average molecular weight is 334 g/mol. The highest BCUT2D eigenvalue weighted by Crippen LogP contribution is 2.23. The first kappa shape index (κ1) is 17.9. The molecule has 6 nitrogen and oxygen atoms in total. The zero-order valence-corrected chi connectivity index (χ0v) is 14.1. The molecular weight excluding hydrogens is 314 g/mol. The fourth-order valence-corrected chi connectivity index (χ4v) is 2.62. The normalized spacial score (nSPS) is 11.7. The summed E-state index contributed by atoms with van der Waals surface area (Å²) in [6, 6.07) is 5.21. The number of carbonyl (C=O) groups excluding carboxylic acids is 1. The van der Waals surface area contributed by atoms with Gasteiger partial charge in [-0.3, -0.25) is 4.79 Å². The van der Waals surface area contributed by atoms with Gasteiger partial charge in [-0.15, -0.1) is 0 Å². The lowest BCUT2D eigenvalue weighted by Crippen LogP contribution is -2.41. The Morgan fingerprint density at radius 2 is 1.95 bits per heavy atom. The zero-order valence-electron chi connectivity index (χ0n) is 12.6. The second-order valence-corrected chi connectivity index (χ2v) is 7.19. The van der Waals surface area contributed by atoms with Gasteiger partial charge in [-0.05, 0) is 30.7 Å². The lowest BCUT2D eigenvalue weighted by molar-refractivity contribution is -0.116. The van der Waals surface area contributed by atoms with E-state index in [1.165, 1.54) is 25.9 Å². The van der Waals surface area contributed by atoms with E-state index in [0.717, 1.165) is 15.6 Å². The average Bonchev–Trinajstić information content (AvgIpc) is 2.35. The summed E-state index contributed by atoms with van der Waals surface area (Å²) >= 11 is 5.90. The van der Waals surface area contributed by atoms with Crippen LogP contribution < -0.4 is 9.62 Å². The Kier molecular flexibility index (Phi) is 6.15. The van der Waals surface area contributed by atoms with E-state index < -0.39 is 10.2 Å². The van der Waals surface area contributed by atoms with Crippen molar-refractivity contribution < 1.29 is 13.2 Å².